The smallest absolute Gasteiger partial charge is 4.00 e. The third-order valence-corrected chi connectivity index (χ3v) is 0. The summed E-state index contributed by atoms with van der Waals surface area (Å²) in [5.41, 5.74) is 0. The Balaban J connectivity index is -0.0000000533. The van der Waals surface area contributed by atoms with Crippen LogP contribution >= 0.6 is 0 Å². The summed E-state index contributed by atoms with van der Waals surface area (Å²) in [6, 6.07) is 0. The molecule has 0 unspecified atom stereocenters. The molecule has 0 atom stereocenters. The van der Waals surface area contributed by atoms with Gasteiger partial charge in [-0.1, -0.05) is 0 Å². The molecule has 0 aliphatic carbocycles. The maximum atomic E-state index is 8.64. The van der Waals surface area contributed by atoms with E-state index in [1.807, 2.05) is 0 Å². The van der Waals surface area contributed by atoms with Crippen molar-refractivity contribution in [1.29, 1.82) is 0 Å². The van der Waals surface area contributed by atoms with Gasteiger partial charge in [-0.3, -0.25) is 0 Å². The molecule has 0 fully saturated rings. The SMILES string of the molecule is [O]=[Re](=[O])(=[O])[O-].[O]=[Re](=[O])(=[O])[O-].[O]=[Re](=[O])(=[O])[O-].[O]=[Re](=[O])(=[O])[O-].[Ti+4]. The molecule has 0 heterocycles. The molecule has 21 heavy (non-hydrogen) atoms. The van der Waals surface area contributed by atoms with Crippen LogP contribution in [0.15, 0.2) is 0 Å². The molecule has 0 saturated carbocycles. The topological polar surface area (TPSA) is 297 Å². The molecule has 128 valence electrons. The molecule has 0 aliphatic rings. The Labute approximate surface area is 140 Å². The van der Waals surface area contributed by atoms with Gasteiger partial charge in [0.2, 0.25) is 0 Å². The Morgan fingerprint density at radius 2 is 0.333 bits per heavy atom. The van der Waals surface area contributed by atoms with Crippen LogP contribution in [-0.2, 0) is 126 Å². The molecular weight excluding hydrogens is 1050 g/mol. The van der Waals surface area contributed by atoms with E-state index in [4.69, 9.17) is 56.9 Å². The van der Waals surface area contributed by atoms with Crippen molar-refractivity contribution in [2.75, 3.05) is 0 Å². The summed E-state index contributed by atoms with van der Waals surface area (Å²) < 4.78 is 138. The van der Waals surface area contributed by atoms with Gasteiger partial charge in [0.15, 0.2) is 0 Å². The van der Waals surface area contributed by atoms with Gasteiger partial charge in [-0.2, -0.15) is 0 Å². The number of hydrogen-bond donors (Lipinski definition) is 0. The normalized spacial score (nSPS) is 10.9. The first kappa shape index (κ1) is 33.4. The van der Waals surface area contributed by atoms with Crippen molar-refractivity contribution >= 4 is 0 Å². The zero-order chi connectivity index (χ0) is 18.0. The Morgan fingerprint density at radius 1 is 0.333 bits per heavy atom. The van der Waals surface area contributed by atoms with E-state index in [1.165, 1.54) is 0 Å². The van der Waals surface area contributed by atoms with Crippen LogP contribution in [0.3, 0.4) is 0 Å². The minimum absolute atomic E-state index is 0. The van der Waals surface area contributed by atoms with Crippen molar-refractivity contribution in [1.82, 2.24) is 0 Å². The van der Waals surface area contributed by atoms with E-state index in [9.17, 15) is 0 Å². The van der Waals surface area contributed by atoms with E-state index >= 15 is 0 Å². The Kier molecular flexibility index (Phi) is 21.1. The first-order valence-electron chi connectivity index (χ1n) is 2.47. The van der Waals surface area contributed by atoms with Crippen LogP contribution in [0.25, 0.3) is 0 Å². The molecule has 0 bridgehead atoms. The van der Waals surface area contributed by atoms with E-state index in [0.29, 0.717) is 0 Å². The summed E-state index contributed by atoms with van der Waals surface area (Å²) in [6.45, 7) is 0. The molecule has 16 nitrogen and oxygen atoms in total. The van der Waals surface area contributed by atoms with Crippen molar-refractivity contribution in [2.24, 2.45) is 0 Å². The van der Waals surface area contributed by atoms with Crippen molar-refractivity contribution in [3.63, 3.8) is 0 Å². The second-order valence-electron chi connectivity index (χ2n) is 1.51. The second-order valence-corrected chi connectivity index (χ2v) is 12.4. The zero-order valence-electron chi connectivity index (χ0n) is 8.54. The van der Waals surface area contributed by atoms with Crippen molar-refractivity contribution in [3.05, 3.63) is 0 Å². The van der Waals surface area contributed by atoms with Gasteiger partial charge >= 0.3 is 142 Å². The second kappa shape index (κ2) is 13.3. The summed E-state index contributed by atoms with van der Waals surface area (Å²) in [6.07, 6.45) is 0. The van der Waals surface area contributed by atoms with E-state index < -0.39 is 63.1 Å². The molecule has 0 aromatic heterocycles. The average molecular weight is 1050 g/mol. The summed E-state index contributed by atoms with van der Waals surface area (Å²) >= 11 is -24.4. The molecule has 0 N–H and O–H groups in total. The fourth-order valence-electron chi connectivity index (χ4n) is 0. The fourth-order valence-corrected chi connectivity index (χ4v) is 0. The van der Waals surface area contributed by atoms with Crippen LogP contribution in [0.5, 0.6) is 0 Å². The summed E-state index contributed by atoms with van der Waals surface area (Å²) in [4.78, 5) is 0. The molecule has 21 heteroatoms. The standard InChI is InChI=1S/16O.4Re.Ti/q;;;;;;;;;;;;4*-1;;;;;+4. The fraction of sp³-hybridized carbons (Fsp3) is 0. The summed E-state index contributed by atoms with van der Waals surface area (Å²) in [7, 11) is 0. The van der Waals surface area contributed by atoms with Crippen molar-refractivity contribution < 1.29 is 142 Å². The largest absolute Gasteiger partial charge is 4.00 e. The summed E-state index contributed by atoms with van der Waals surface area (Å²) in [5, 5.41) is 0. The van der Waals surface area contributed by atoms with Crippen LogP contribution in [0, 0.1) is 0 Å². The Morgan fingerprint density at radius 3 is 0.333 bits per heavy atom. The molecule has 0 aromatic rings. The van der Waals surface area contributed by atoms with Crippen molar-refractivity contribution in [3.8, 4) is 0 Å². The van der Waals surface area contributed by atoms with Crippen LogP contribution < -0.4 is 15.3 Å². The van der Waals surface area contributed by atoms with Crippen LogP contribution in [0.2, 0.25) is 0 Å². The first-order chi connectivity index (χ1) is 8.00. The average Bonchev–Trinajstić information content (AvgIpc) is 1.62. The monoisotopic (exact) mass is 1050 g/mol. The van der Waals surface area contributed by atoms with Gasteiger partial charge in [0, 0.05) is 0 Å². The zero-order valence-corrected chi connectivity index (χ0v) is 21.0. The predicted octanol–water partition coefficient (Wildman–Crippen LogP) is -6.19. The van der Waals surface area contributed by atoms with E-state index in [0.717, 1.165) is 0 Å². The van der Waals surface area contributed by atoms with Gasteiger partial charge in [-0.05, 0) is 0 Å². The molecule has 0 amide bonds. The van der Waals surface area contributed by atoms with Gasteiger partial charge in [0.25, 0.3) is 0 Å². The minimum Gasteiger partial charge on any atom is 4.00 e. The van der Waals surface area contributed by atoms with Gasteiger partial charge < -0.3 is 0 Å². The van der Waals surface area contributed by atoms with Crippen LogP contribution in [-0.4, -0.2) is 0 Å². The van der Waals surface area contributed by atoms with Gasteiger partial charge in [0.05, 0.1) is 0 Å². The molecule has 0 radical (unpaired) electrons. The molecule has 0 rings (SSSR count). The molecule has 0 aromatic carbocycles. The molecule has 0 saturated heterocycles. The molecule has 0 spiro atoms. The van der Waals surface area contributed by atoms with Gasteiger partial charge in [-0.25, -0.2) is 0 Å². The molecular formula is O16Re4Ti. The van der Waals surface area contributed by atoms with E-state index in [2.05, 4.69) is 0 Å². The van der Waals surface area contributed by atoms with Gasteiger partial charge in [0.1, 0.15) is 0 Å². The first-order valence-corrected chi connectivity index (χ1v) is 20.2. The van der Waals surface area contributed by atoms with Crippen LogP contribution in [0.4, 0.5) is 0 Å². The quantitative estimate of drug-likeness (QED) is 0.204. The predicted molar refractivity (Wildman–Crippen MR) is 8.24 cm³/mol. The third-order valence-electron chi connectivity index (χ3n) is 0. The Hall–Kier alpha value is 0.804. The maximum Gasteiger partial charge on any atom is 4.00 e. The Bertz CT molecular complexity index is 673. The number of rotatable bonds is 0. The van der Waals surface area contributed by atoms with Gasteiger partial charge in [-0.15, -0.1) is 0 Å². The third kappa shape index (κ3) is 11400. The van der Waals surface area contributed by atoms with E-state index in [1.54, 1.807) is 0 Å². The number of hydrogen-bond acceptors (Lipinski definition) is 16. The van der Waals surface area contributed by atoms with Crippen LogP contribution in [0.1, 0.15) is 0 Å². The van der Waals surface area contributed by atoms with E-state index in [-0.39, 0.29) is 21.7 Å². The maximum absolute atomic E-state index is 8.64. The summed E-state index contributed by atoms with van der Waals surface area (Å²) in [5.74, 6) is 0. The minimum atomic E-state index is -6.11. The molecule has 0 aliphatic heterocycles. The van der Waals surface area contributed by atoms with Crippen molar-refractivity contribution in [2.45, 2.75) is 0 Å².